The van der Waals surface area contributed by atoms with Crippen LogP contribution in [0, 0.1) is 11.7 Å². The molecule has 1 aromatic rings. The molecule has 1 fully saturated rings. The third-order valence-electron chi connectivity index (χ3n) is 3.45. The van der Waals surface area contributed by atoms with E-state index < -0.39 is 11.8 Å². The fraction of sp³-hybridized carbons (Fsp3) is 0.462. The minimum Gasteiger partial charge on any atom is -0.478 e. The van der Waals surface area contributed by atoms with Crippen LogP contribution in [0.4, 0.5) is 10.1 Å². The lowest BCUT2D eigenvalue weighted by Crippen LogP contribution is -2.30. The summed E-state index contributed by atoms with van der Waals surface area (Å²) >= 11 is 0. The maximum Gasteiger partial charge on any atom is 0.338 e. The predicted molar refractivity (Wildman–Crippen MR) is 63.8 cm³/mol. The molecule has 1 aliphatic carbocycles. The van der Waals surface area contributed by atoms with Crippen LogP contribution < -0.4 is 5.32 Å². The number of hydrogen-bond donors (Lipinski definition) is 2. The summed E-state index contributed by atoms with van der Waals surface area (Å²) in [4.78, 5) is 10.7. The lowest BCUT2D eigenvalue weighted by molar-refractivity contribution is 0.0692. The Balaban J connectivity index is 2.06. The first-order valence-corrected chi connectivity index (χ1v) is 5.87. The average molecular weight is 237 g/mol. The number of anilines is 1. The van der Waals surface area contributed by atoms with E-state index in [9.17, 15) is 9.18 Å². The number of halogens is 1. The molecule has 0 aliphatic heterocycles. The van der Waals surface area contributed by atoms with Crippen LogP contribution in [0.1, 0.15) is 36.5 Å². The van der Waals surface area contributed by atoms with Gasteiger partial charge in [0.1, 0.15) is 5.82 Å². The lowest BCUT2D eigenvalue weighted by Gasteiger charge is -2.32. The summed E-state index contributed by atoms with van der Waals surface area (Å²) in [6.45, 7) is 2.08. The van der Waals surface area contributed by atoms with Gasteiger partial charge in [-0.15, -0.1) is 0 Å². The summed E-state index contributed by atoms with van der Waals surface area (Å²) in [5, 5.41) is 11.9. The van der Waals surface area contributed by atoms with Gasteiger partial charge in [0.25, 0.3) is 0 Å². The second-order valence-corrected chi connectivity index (χ2v) is 4.62. The fourth-order valence-corrected chi connectivity index (χ4v) is 2.10. The Morgan fingerprint density at radius 1 is 1.53 bits per heavy atom. The van der Waals surface area contributed by atoms with Crippen LogP contribution in [0.2, 0.25) is 0 Å². The van der Waals surface area contributed by atoms with Crippen LogP contribution in [0.3, 0.4) is 0 Å². The number of hydrogen-bond acceptors (Lipinski definition) is 2. The van der Waals surface area contributed by atoms with Gasteiger partial charge in [0, 0.05) is 11.7 Å². The summed E-state index contributed by atoms with van der Waals surface area (Å²) in [6, 6.07) is 4.46. The normalized spacial score (nSPS) is 17.3. The molecule has 0 radical (unpaired) electrons. The van der Waals surface area contributed by atoms with Crippen molar-refractivity contribution in [2.75, 3.05) is 5.32 Å². The van der Waals surface area contributed by atoms with E-state index in [-0.39, 0.29) is 5.56 Å². The summed E-state index contributed by atoms with van der Waals surface area (Å²) in [7, 11) is 0. The molecule has 0 heterocycles. The van der Waals surface area contributed by atoms with Crippen LogP contribution in [0.25, 0.3) is 0 Å². The van der Waals surface area contributed by atoms with Crippen molar-refractivity contribution in [1.82, 2.24) is 0 Å². The standard InChI is InChI=1S/C13H16FNO2/c1-8(9-3-2-4-9)15-10-5-6-11(13(16)17)12(14)7-10/h5-9,15H,2-4H2,1H3,(H,16,17). The van der Waals surface area contributed by atoms with E-state index in [1.165, 1.54) is 31.4 Å². The highest BCUT2D eigenvalue weighted by atomic mass is 19.1. The Morgan fingerprint density at radius 2 is 2.24 bits per heavy atom. The molecule has 17 heavy (non-hydrogen) atoms. The van der Waals surface area contributed by atoms with Gasteiger partial charge >= 0.3 is 5.97 Å². The molecule has 4 heteroatoms. The van der Waals surface area contributed by atoms with Gasteiger partial charge in [0.2, 0.25) is 0 Å². The van der Waals surface area contributed by atoms with E-state index >= 15 is 0 Å². The number of benzene rings is 1. The molecule has 0 saturated heterocycles. The maximum atomic E-state index is 13.4. The van der Waals surface area contributed by atoms with Crippen molar-refractivity contribution >= 4 is 11.7 Å². The second kappa shape index (κ2) is 4.73. The molecule has 1 aromatic carbocycles. The van der Waals surface area contributed by atoms with E-state index in [1.807, 2.05) is 0 Å². The Hall–Kier alpha value is -1.58. The molecule has 1 aliphatic rings. The number of carbonyl (C=O) groups is 1. The van der Waals surface area contributed by atoms with Crippen molar-refractivity contribution in [3.05, 3.63) is 29.6 Å². The summed E-state index contributed by atoms with van der Waals surface area (Å²) in [5.41, 5.74) is 0.360. The van der Waals surface area contributed by atoms with Crippen molar-refractivity contribution < 1.29 is 14.3 Å². The van der Waals surface area contributed by atoms with Crippen molar-refractivity contribution in [2.24, 2.45) is 5.92 Å². The first kappa shape index (κ1) is 11.9. The topological polar surface area (TPSA) is 49.3 Å². The van der Waals surface area contributed by atoms with E-state index in [1.54, 1.807) is 6.07 Å². The Kier molecular flexibility index (Phi) is 3.31. The largest absolute Gasteiger partial charge is 0.478 e. The van der Waals surface area contributed by atoms with E-state index in [2.05, 4.69) is 12.2 Å². The molecule has 92 valence electrons. The zero-order valence-corrected chi connectivity index (χ0v) is 9.74. The first-order valence-electron chi connectivity index (χ1n) is 5.87. The van der Waals surface area contributed by atoms with Gasteiger partial charge in [-0.2, -0.15) is 0 Å². The van der Waals surface area contributed by atoms with Crippen molar-refractivity contribution in [1.29, 1.82) is 0 Å². The second-order valence-electron chi connectivity index (χ2n) is 4.62. The van der Waals surface area contributed by atoms with Gasteiger partial charge in [-0.05, 0) is 43.9 Å². The third kappa shape index (κ3) is 2.57. The van der Waals surface area contributed by atoms with Crippen LogP contribution in [0.5, 0.6) is 0 Å². The van der Waals surface area contributed by atoms with Gasteiger partial charge in [0.15, 0.2) is 0 Å². The van der Waals surface area contributed by atoms with Crippen LogP contribution in [-0.2, 0) is 0 Å². The van der Waals surface area contributed by atoms with Gasteiger partial charge in [-0.1, -0.05) is 6.42 Å². The Morgan fingerprint density at radius 3 is 2.71 bits per heavy atom. The summed E-state index contributed by atoms with van der Waals surface area (Å²) in [6.07, 6.45) is 3.69. The smallest absolute Gasteiger partial charge is 0.338 e. The monoisotopic (exact) mass is 237 g/mol. The highest BCUT2D eigenvalue weighted by Gasteiger charge is 2.23. The van der Waals surface area contributed by atoms with Gasteiger partial charge < -0.3 is 10.4 Å². The molecule has 1 unspecified atom stereocenters. The molecule has 0 aromatic heterocycles. The molecule has 1 atom stereocenters. The van der Waals surface area contributed by atoms with Gasteiger partial charge in [-0.25, -0.2) is 9.18 Å². The van der Waals surface area contributed by atoms with Crippen LogP contribution in [0.15, 0.2) is 18.2 Å². The minimum atomic E-state index is -1.24. The highest BCUT2D eigenvalue weighted by molar-refractivity contribution is 5.88. The van der Waals surface area contributed by atoms with Crippen molar-refractivity contribution in [2.45, 2.75) is 32.2 Å². The summed E-state index contributed by atoms with van der Waals surface area (Å²) < 4.78 is 13.4. The number of aromatic carboxylic acids is 1. The maximum absolute atomic E-state index is 13.4. The molecule has 2 N–H and O–H groups in total. The number of carboxylic acids is 1. The molecular weight excluding hydrogens is 221 g/mol. The van der Waals surface area contributed by atoms with E-state index in [0.29, 0.717) is 17.6 Å². The summed E-state index contributed by atoms with van der Waals surface area (Å²) in [5.74, 6) is -1.28. The first-order chi connectivity index (χ1) is 8.08. The Bertz CT molecular complexity index is 429. The molecule has 1 saturated carbocycles. The molecule has 3 nitrogen and oxygen atoms in total. The third-order valence-corrected chi connectivity index (χ3v) is 3.45. The molecular formula is C13H16FNO2. The molecule has 2 rings (SSSR count). The minimum absolute atomic E-state index is 0.285. The van der Waals surface area contributed by atoms with Crippen molar-refractivity contribution in [3.8, 4) is 0 Å². The van der Waals surface area contributed by atoms with E-state index in [0.717, 1.165) is 0 Å². The SMILES string of the molecule is CC(Nc1ccc(C(=O)O)c(F)c1)C1CCC1. The number of rotatable bonds is 4. The molecule has 0 spiro atoms. The van der Waals surface area contributed by atoms with Crippen LogP contribution in [-0.4, -0.2) is 17.1 Å². The average Bonchev–Trinajstić information content (AvgIpc) is 2.13. The zero-order valence-electron chi connectivity index (χ0n) is 9.74. The predicted octanol–water partition coefficient (Wildman–Crippen LogP) is 3.12. The number of nitrogens with one attached hydrogen (secondary N) is 1. The quantitative estimate of drug-likeness (QED) is 0.845. The van der Waals surface area contributed by atoms with Gasteiger partial charge in [0.05, 0.1) is 5.56 Å². The van der Waals surface area contributed by atoms with Crippen LogP contribution >= 0.6 is 0 Å². The zero-order chi connectivity index (χ0) is 12.4. The fourth-order valence-electron chi connectivity index (χ4n) is 2.10. The highest BCUT2D eigenvalue weighted by Crippen LogP contribution is 2.31. The lowest BCUT2D eigenvalue weighted by atomic mass is 9.80. The number of carboxylic acid groups (broad SMARTS) is 1. The van der Waals surface area contributed by atoms with E-state index in [4.69, 9.17) is 5.11 Å². The molecule has 0 bridgehead atoms. The Labute approximate surface area is 99.7 Å². The van der Waals surface area contributed by atoms with Gasteiger partial charge in [-0.3, -0.25) is 0 Å². The molecule has 0 amide bonds. The van der Waals surface area contributed by atoms with Crippen molar-refractivity contribution in [3.63, 3.8) is 0 Å².